The van der Waals surface area contributed by atoms with Crippen LogP contribution in [-0.2, 0) is 4.79 Å². The van der Waals surface area contributed by atoms with Crippen LogP contribution in [0.15, 0.2) is 36.4 Å². The van der Waals surface area contributed by atoms with Gasteiger partial charge in [0.2, 0.25) is 5.91 Å². The summed E-state index contributed by atoms with van der Waals surface area (Å²) >= 11 is 1.63. The number of carbonyl (C=O) groups excluding carboxylic acids is 1. The van der Waals surface area contributed by atoms with E-state index in [-0.39, 0.29) is 12.5 Å². The van der Waals surface area contributed by atoms with Gasteiger partial charge >= 0.3 is 0 Å². The van der Waals surface area contributed by atoms with Gasteiger partial charge in [-0.3, -0.25) is 4.79 Å². The van der Waals surface area contributed by atoms with Crippen molar-refractivity contribution in [2.75, 3.05) is 23.8 Å². The molecule has 0 fully saturated rings. The molecular formula is C21H25N3OS. The van der Waals surface area contributed by atoms with Crippen LogP contribution in [0, 0.1) is 13.8 Å². The van der Waals surface area contributed by atoms with Crippen LogP contribution in [0.2, 0.25) is 0 Å². The maximum atomic E-state index is 12.4. The van der Waals surface area contributed by atoms with E-state index in [1.54, 1.807) is 11.3 Å². The van der Waals surface area contributed by atoms with Gasteiger partial charge < -0.3 is 10.2 Å². The lowest BCUT2D eigenvalue weighted by Crippen LogP contribution is -2.29. The second-order valence-corrected chi connectivity index (χ2v) is 8.03. The highest BCUT2D eigenvalue weighted by Crippen LogP contribution is 2.32. The van der Waals surface area contributed by atoms with Crippen molar-refractivity contribution >= 4 is 38.3 Å². The van der Waals surface area contributed by atoms with Gasteiger partial charge in [0, 0.05) is 12.7 Å². The van der Waals surface area contributed by atoms with Crippen LogP contribution in [0.5, 0.6) is 0 Å². The first kappa shape index (κ1) is 18.4. The van der Waals surface area contributed by atoms with E-state index in [1.165, 1.54) is 15.8 Å². The normalized spacial score (nSPS) is 11.2. The summed E-state index contributed by atoms with van der Waals surface area (Å²) in [5, 5.41) is 3.83. The summed E-state index contributed by atoms with van der Waals surface area (Å²) in [4.78, 5) is 19.0. The van der Waals surface area contributed by atoms with E-state index < -0.39 is 0 Å². The molecule has 0 saturated carbocycles. The van der Waals surface area contributed by atoms with Crippen LogP contribution in [-0.4, -0.2) is 24.5 Å². The molecule has 0 saturated heterocycles. The van der Waals surface area contributed by atoms with Crippen molar-refractivity contribution in [1.29, 1.82) is 0 Å². The van der Waals surface area contributed by atoms with Crippen molar-refractivity contribution in [2.24, 2.45) is 0 Å². The molecule has 0 aliphatic carbocycles. The van der Waals surface area contributed by atoms with Crippen molar-refractivity contribution in [3.05, 3.63) is 53.1 Å². The molecule has 2 aromatic carbocycles. The van der Waals surface area contributed by atoms with Gasteiger partial charge in [-0.25, -0.2) is 4.98 Å². The monoisotopic (exact) mass is 367 g/mol. The smallest absolute Gasteiger partial charge is 0.243 e. The maximum Gasteiger partial charge on any atom is 0.243 e. The van der Waals surface area contributed by atoms with Crippen LogP contribution in [0.3, 0.4) is 0 Å². The van der Waals surface area contributed by atoms with Gasteiger partial charge in [0.1, 0.15) is 0 Å². The Hall–Kier alpha value is -2.40. The zero-order chi connectivity index (χ0) is 18.8. The second-order valence-electron chi connectivity index (χ2n) is 7.05. The summed E-state index contributed by atoms with van der Waals surface area (Å²) in [7, 11) is 1.91. The highest BCUT2D eigenvalue weighted by atomic mass is 32.1. The molecule has 0 aliphatic heterocycles. The fraction of sp³-hybridized carbons (Fsp3) is 0.333. The molecule has 0 radical (unpaired) electrons. The zero-order valence-electron chi connectivity index (χ0n) is 16.0. The summed E-state index contributed by atoms with van der Waals surface area (Å²) in [5.41, 5.74) is 5.50. The lowest BCUT2D eigenvalue weighted by Gasteiger charge is -2.15. The van der Waals surface area contributed by atoms with Crippen molar-refractivity contribution < 1.29 is 4.79 Å². The average Bonchev–Trinajstić information content (AvgIpc) is 3.05. The summed E-state index contributed by atoms with van der Waals surface area (Å²) < 4.78 is 1.19. The fourth-order valence-electron chi connectivity index (χ4n) is 2.85. The maximum absolute atomic E-state index is 12.4. The number of benzene rings is 2. The number of hydrogen-bond acceptors (Lipinski definition) is 4. The number of nitrogens with one attached hydrogen (secondary N) is 1. The molecule has 0 aliphatic rings. The standard InChI is InChI=1S/C21H25N3OS/c1-13(2)16-8-10-17(11-9-16)22-18(25)12-24(5)21-23-19-14(3)6-7-15(4)20(19)26-21/h6-11,13H,12H2,1-5H3,(H,22,25). The Labute approximate surface area is 158 Å². The molecule has 0 bridgehead atoms. The summed E-state index contributed by atoms with van der Waals surface area (Å²) in [5.74, 6) is 0.439. The minimum atomic E-state index is -0.0440. The first-order chi connectivity index (χ1) is 12.3. The lowest BCUT2D eigenvalue weighted by molar-refractivity contribution is -0.114. The molecule has 1 N–H and O–H groups in total. The van der Waals surface area contributed by atoms with E-state index in [2.05, 4.69) is 57.3 Å². The van der Waals surface area contributed by atoms with E-state index in [4.69, 9.17) is 4.98 Å². The number of hydrogen-bond donors (Lipinski definition) is 1. The molecule has 0 spiro atoms. The first-order valence-corrected chi connectivity index (χ1v) is 9.64. The number of amides is 1. The zero-order valence-corrected chi connectivity index (χ0v) is 16.8. The molecule has 3 rings (SSSR count). The quantitative estimate of drug-likeness (QED) is 0.681. The van der Waals surface area contributed by atoms with Crippen molar-refractivity contribution in [1.82, 2.24) is 4.98 Å². The topological polar surface area (TPSA) is 45.2 Å². The molecule has 1 heterocycles. The molecule has 136 valence electrons. The Morgan fingerprint density at radius 3 is 2.38 bits per heavy atom. The van der Waals surface area contributed by atoms with Crippen LogP contribution in [0.25, 0.3) is 10.2 Å². The number of aryl methyl sites for hydroxylation is 2. The largest absolute Gasteiger partial charge is 0.342 e. The minimum Gasteiger partial charge on any atom is -0.342 e. The summed E-state index contributed by atoms with van der Waals surface area (Å²) in [6.07, 6.45) is 0. The third-order valence-corrected chi connectivity index (χ3v) is 5.80. The van der Waals surface area contributed by atoms with E-state index in [9.17, 15) is 4.79 Å². The molecule has 26 heavy (non-hydrogen) atoms. The summed E-state index contributed by atoms with van der Waals surface area (Å²) in [6.45, 7) is 8.74. The van der Waals surface area contributed by atoms with Gasteiger partial charge in [-0.05, 0) is 48.6 Å². The molecule has 3 aromatic rings. The Morgan fingerprint density at radius 1 is 1.12 bits per heavy atom. The molecule has 0 atom stereocenters. The predicted molar refractivity (Wildman–Crippen MR) is 112 cm³/mol. The van der Waals surface area contributed by atoms with E-state index in [1.807, 2.05) is 24.1 Å². The Morgan fingerprint density at radius 2 is 1.77 bits per heavy atom. The third-order valence-electron chi connectivity index (χ3n) is 4.50. The SMILES string of the molecule is Cc1ccc(C)c2sc(N(C)CC(=O)Nc3ccc(C(C)C)cc3)nc12. The van der Waals surface area contributed by atoms with E-state index in [0.29, 0.717) is 5.92 Å². The molecule has 1 aromatic heterocycles. The molecular weight excluding hydrogens is 342 g/mol. The molecule has 5 heteroatoms. The number of likely N-dealkylation sites (N-methyl/N-ethyl adjacent to an activating group) is 1. The number of fused-ring (bicyclic) bond motifs is 1. The highest BCUT2D eigenvalue weighted by Gasteiger charge is 2.14. The van der Waals surface area contributed by atoms with Crippen molar-refractivity contribution in [3.8, 4) is 0 Å². The van der Waals surface area contributed by atoms with Gasteiger partial charge in [-0.1, -0.05) is 49.4 Å². The molecule has 0 unspecified atom stereocenters. The second kappa shape index (κ2) is 7.46. The first-order valence-electron chi connectivity index (χ1n) is 8.83. The van der Waals surface area contributed by atoms with Gasteiger partial charge in [0.25, 0.3) is 0 Å². The van der Waals surface area contributed by atoms with Gasteiger partial charge in [0.15, 0.2) is 5.13 Å². The number of rotatable bonds is 5. The van der Waals surface area contributed by atoms with Crippen LogP contribution >= 0.6 is 11.3 Å². The summed E-state index contributed by atoms with van der Waals surface area (Å²) in [6, 6.07) is 12.2. The average molecular weight is 368 g/mol. The highest BCUT2D eigenvalue weighted by molar-refractivity contribution is 7.22. The lowest BCUT2D eigenvalue weighted by atomic mass is 10.0. The number of anilines is 2. The van der Waals surface area contributed by atoms with Crippen LogP contribution in [0.4, 0.5) is 10.8 Å². The van der Waals surface area contributed by atoms with Crippen LogP contribution in [0.1, 0.15) is 36.5 Å². The number of carbonyl (C=O) groups is 1. The van der Waals surface area contributed by atoms with Gasteiger partial charge in [-0.15, -0.1) is 0 Å². The Kier molecular flexibility index (Phi) is 5.28. The van der Waals surface area contributed by atoms with E-state index >= 15 is 0 Å². The number of aromatic nitrogens is 1. The number of nitrogens with zero attached hydrogens (tertiary/aromatic N) is 2. The van der Waals surface area contributed by atoms with Crippen molar-refractivity contribution in [2.45, 2.75) is 33.6 Å². The van der Waals surface area contributed by atoms with Gasteiger partial charge in [0.05, 0.1) is 16.8 Å². The molecule has 4 nitrogen and oxygen atoms in total. The Balaban J connectivity index is 1.69. The Bertz CT molecular complexity index is 889. The minimum absolute atomic E-state index is 0.0440. The fourth-order valence-corrected chi connectivity index (χ4v) is 3.92. The predicted octanol–water partition coefficient (Wildman–Crippen LogP) is 5.11. The van der Waals surface area contributed by atoms with Crippen molar-refractivity contribution in [3.63, 3.8) is 0 Å². The molecule has 1 amide bonds. The third kappa shape index (κ3) is 3.88. The van der Waals surface area contributed by atoms with Gasteiger partial charge in [-0.2, -0.15) is 0 Å². The van der Waals surface area contributed by atoms with E-state index in [0.717, 1.165) is 21.9 Å². The number of thiazole rings is 1. The van der Waals surface area contributed by atoms with Crippen LogP contribution < -0.4 is 10.2 Å².